The monoisotopic (exact) mass is 408 g/mol. The molecule has 0 spiro atoms. The van der Waals surface area contributed by atoms with E-state index in [4.69, 9.17) is 15.4 Å². The lowest BCUT2D eigenvalue weighted by Gasteiger charge is -2.33. The van der Waals surface area contributed by atoms with Crippen LogP contribution in [0.2, 0.25) is 0 Å². The van der Waals surface area contributed by atoms with Gasteiger partial charge in [0.15, 0.2) is 0 Å². The maximum Gasteiger partial charge on any atom is 0.259 e. The van der Waals surface area contributed by atoms with Gasteiger partial charge in [0.2, 0.25) is 5.88 Å². The minimum absolute atomic E-state index is 0.110. The predicted molar refractivity (Wildman–Crippen MR) is 111 cm³/mol. The molecule has 30 heavy (non-hydrogen) atoms. The van der Waals surface area contributed by atoms with Gasteiger partial charge in [-0.25, -0.2) is 9.37 Å². The number of nitrogens with one attached hydrogen (secondary N) is 2. The van der Waals surface area contributed by atoms with Gasteiger partial charge in [-0.15, -0.1) is 0 Å². The minimum atomic E-state index is -0.655. The molecule has 1 amide bonds. The molecule has 9 heteroatoms. The molecular formula is C21H21FN6O2. The van der Waals surface area contributed by atoms with Crippen molar-refractivity contribution in [2.75, 3.05) is 18.5 Å². The number of pyridine rings is 1. The van der Waals surface area contributed by atoms with E-state index in [0.717, 1.165) is 6.21 Å². The molecule has 8 nitrogen and oxygen atoms in total. The van der Waals surface area contributed by atoms with E-state index < -0.39 is 11.7 Å². The number of carbonyl (C=O) groups is 1. The van der Waals surface area contributed by atoms with Gasteiger partial charge in [-0.2, -0.15) is 10.4 Å². The number of nitriles is 1. The number of rotatable bonds is 6. The molecule has 1 atom stereocenters. The molecule has 154 valence electrons. The van der Waals surface area contributed by atoms with Crippen LogP contribution in [0.25, 0.3) is 0 Å². The SMILES string of the molecule is Cc1c(C#N)ccnc1O[C@@H]1CCCN(C(=O)c2c(F)cccc2N/N=C\C=N)C1. The number of hydrogen-bond acceptors (Lipinski definition) is 7. The molecule has 2 heterocycles. The van der Waals surface area contributed by atoms with E-state index in [-0.39, 0.29) is 23.9 Å². The van der Waals surface area contributed by atoms with Crippen LogP contribution in [0, 0.1) is 29.5 Å². The molecule has 0 saturated carbocycles. The van der Waals surface area contributed by atoms with Crippen LogP contribution in [0.4, 0.5) is 10.1 Å². The molecule has 0 radical (unpaired) electrons. The molecule has 1 aliphatic heterocycles. The first-order valence-electron chi connectivity index (χ1n) is 9.43. The standard InChI is InChI=1S/C21H21FN6O2/c1-14-15(12-24)7-9-25-20(14)30-16-4-3-11-28(13-16)21(29)19-17(22)5-2-6-18(19)27-26-10-8-23/h2,5-10,16,23,27H,3-4,11,13H2,1H3/b23-8?,26-10-/t16-/m1/s1. The van der Waals surface area contributed by atoms with Crippen LogP contribution in [0.1, 0.15) is 34.3 Å². The van der Waals surface area contributed by atoms with E-state index in [1.54, 1.807) is 24.0 Å². The first-order valence-corrected chi connectivity index (χ1v) is 9.43. The van der Waals surface area contributed by atoms with Crippen molar-refractivity contribution in [3.63, 3.8) is 0 Å². The lowest BCUT2D eigenvalue weighted by molar-refractivity contribution is 0.0523. The van der Waals surface area contributed by atoms with Crippen molar-refractivity contribution >= 4 is 24.0 Å². The summed E-state index contributed by atoms with van der Waals surface area (Å²) in [6.07, 6.45) is 4.76. The van der Waals surface area contributed by atoms with Crippen LogP contribution < -0.4 is 10.2 Å². The third-order valence-corrected chi connectivity index (χ3v) is 4.78. The number of anilines is 1. The molecule has 2 aromatic rings. The summed E-state index contributed by atoms with van der Waals surface area (Å²) in [7, 11) is 0. The van der Waals surface area contributed by atoms with Crippen molar-refractivity contribution in [1.29, 1.82) is 10.7 Å². The molecule has 3 rings (SSSR count). The Morgan fingerprint density at radius 1 is 1.50 bits per heavy atom. The minimum Gasteiger partial charge on any atom is -0.472 e. The van der Waals surface area contributed by atoms with Crippen molar-refractivity contribution in [1.82, 2.24) is 9.88 Å². The highest BCUT2D eigenvalue weighted by atomic mass is 19.1. The number of carbonyl (C=O) groups excluding carboxylic acids is 1. The van der Waals surface area contributed by atoms with Crippen molar-refractivity contribution < 1.29 is 13.9 Å². The maximum atomic E-state index is 14.5. The number of likely N-dealkylation sites (tertiary alicyclic amines) is 1. The van der Waals surface area contributed by atoms with Crippen LogP contribution in [0.3, 0.4) is 0 Å². The lowest BCUT2D eigenvalue weighted by Crippen LogP contribution is -2.45. The second kappa shape index (κ2) is 9.60. The Bertz CT molecular complexity index is 1020. The zero-order chi connectivity index (χ0) is 21.5. The van der Waals surface area contributed by atoms with Crippen molar-refractivity contribution in [3.8, 4) is 11.9 Å². The molecule has 0 bridgehead atoms. The third kappa shape index (κ3) is 4.60. The summed E-state index contributed by atoms with van der Waals surface area (Å²) < 4.78 is 20.5. The van der Waals surface area contributed by atoms with E-state index >= 15 is 0 Å². The van der Waals surface area contributed by atoms with E-state index in [1.165, 1.54) is 24.5 Å². The highest BCUT2D eigenvalue weighted by Gasteiger charge is 2.29. The van der Waals surface area contributed by atoms with Crippen LogP contribution >= 0.6 is 0 Å². The van der Waals surface area contributed by atoms with E-state index in [9.17, 15) is 9.18 Å². The number of amides is 1. The van der Waals surface area contributed by atoms with Gasteiger partial charge >= 0.3 is 0 Å². The van der Waals surface area contributed by atoms with Crippen molar-refractivity contribution in [2.45, 2.75) is 25.9 Å². The maximum absolute atomic E-state index is 14.5. The highest BCUT2D eigenvalue weighted by molar-refractivity contribution is 6.14. The molecule has 2 N–H and O–H groups in total. The van der Waals surface area contributed by atoms with Crippen LogP contribution in [-0.4, -0.2) is 47.4 Å². The Kier molecular flexibility index (Phi) is 6.70. The van der Waals surface area contributed by atoms with Gasteiger partial charge in [-0.3, -0.25) is 10.2 Å². The van der Waals surface area contributed by atoms with Gasteiger partial charge in [0.1, 0.15) is 17.5 Å². The Balaban J connectivity index is 1.78. The molecule has 1 aromatic carbocycles. The predicted octanol–water partition coefficient (Wildman–Crippen LogP) is 3.13. The van der Waals surface area contributed by atoms with E-state index in [1.807, 2.05) is 0 Å². The Hall–Kier alpha value is -3.80. The number of nitrogens with zero attached hydrogens (tertiary/aromatic N) is 4. The number of hydrogen-bond donors (Lipinski definition) is 2. The average Bonchev–Trinajstić information content (AvgIpc) is 2.75. The number of piperidine rings is 1. The number of benzene rings is 1. The van der Waals surface area contributed by atoms with E-state index in [0.29, 0.717) is 36.4 Å². The van der Waals surface area contributed by atoms with Gasteiger partial charge in [0.25, 0.3) is 5.91 Å². The first kappa shape index (κ1) is 20.9. The summed E-state index contributed by atoms with van der Waals surface area (Å²) in [5.41, 5.74) is 3.85. The zero-order valence-electron chi connectivity index (χ0n) is 16.4. The highest BCUT2D eigenvalue weighted by Crippen LogP contribution is 2.25. The molecule has 1 aliphatic rings. The van der Waals surface area contributed by atoms with E-state index in [2.05, 4.69) is 21.6 Å². The topological polar surface area (TPSA) is 114 Å². The lowest BCUT2D eigenvalue weighted by atomic mass is 10.1. The second-order valence-corrected chi connectivity index (χ2v) is 6.75. The Morgan fingerprint density at radius 3 is 3.10 bits per heavy atom. The summed E-state index contributed by atoms with van der Waals surface area (Å²) in [6.45, 7) is 2.51. The first-order chi connectivity index (χ1) is 14.5. The zero-order valence-corrected chi connectivity index (χ0v) is 16.4. The van der Waals surface area contributed by atoms with Crippen molar-refractivity contribution in [3.05, 3.63) is 53.0 Å². The molecule has 0 aliphatic carbocycles. The molecular weight excluding hydrogens is 387 g/mol. The fraction of sp³-hybridized carbons (Fsp3) is 0.286. The summed E-state index contributed by atoms with van der Waals surface area (Å²) in [5, 5.41) is 19.9. The summed E-state index contributed by atoms with van der Waals surface area (Å²) in [5.74, 6) is -0.760. The van der Waals surface area contributed by atoms with Gasteiger partial charge < -0.3 is 15.0 Å². The van der Waals surface area contributed by atoms with Gasteiger partial charge in [0, 0.05) is 24.5 Å². The van der Waals surface area contributed by atoms with Gasteiger partial charge in [0.05, 0.1) is 30.1 Å². The number of halogens is 1. The number of ether oxygens (including phenoxy) is 1. The van der Waals surface area contributed by atoms with Crippen molar-refractivity contribution in [2.24, 2.45) is 5.10 Å². The van der Waals surface area contributed by atoms with Gasteiger partial charge in [-0.1, -0.05) is 6.07 Å². The Morgan fingerprint density at radius 2 is 2.33 bits per heavy atom. The van der Waals surface area contributed by atoms with Crippen LogP contribution in [0.15, 0.2) is 35.6 Å². The van der Waals surface area contributed by atoms with Crippen LogP contribution in [-0.2, 0) is 0 Å². The normalized spacial score (nSPS) is 16.2. The molecule has 1 saturated heterocycles. The average molecular weight is 408 g/mol. The molecule has 1 fully saturated rings. The van der Waals surface area contributed by atoms with Crippen LogP contribution in [0.5, 0.6) is 5.88 Å². The fourth-order valence-electron chi connectivity index (χ4n) is 3.27. The fourth-order valence-corrected chi connectivity index (χ4v) is 3.27. The summed E-state index contributed by atoms with van der Waals surface area (Å²) in [4.78, 5) is 18.8. The quantitative estimate of drug-likeness (QED) is 0.563. The number of hydrazone groups is 1. The molecule has 0 unspecified atom stereocenters. The summed E-state index contributed by atoms with van der Waals surface area (Å²) >= 11 is 0. The second-order valence-electron chi connectivity index (χ2n) is 6.75. The largest absolute Gasteiger partial charge is 0.472 e. The van der Waals surface area contributed by atoms with Gasteiger partial charge in [-0.05, 0) is 38.0 Å². The smallest absolute Gasteiger partial charge is 0.259 e. The molecule has 1 aromatic heterocycles. The number of aromatic nitrogens is 1. The Labute approximate surface area is 173 Å². The summed E-state index contributed by atoms with van der Waals surface area (Å²) in [6, 6.07) is 7.96. The third-order valence-electron chi connectivity index (χ3n) is 4.78.